The van der Waals surface area contributed by atoms with Gasteiger partial charge in [-0.15, -0.1) is 0 Å². The van der Waals surface area contributed by atoms with Gasteiger partial charge in [0.05, 0.1) is 11.1 Å². The highest BCUT2D eigenvalue weighted by molar-refractivity contribution is 7.98. The second-order valence-corrected chi connectivity index (χ2v) is 9.62. The van der Waals surface area contributed by atoms with Gasteiger partial charge in [-0.3, -0.25) is 29.5 Å². The summed E-state index contributed by atoms with van der Waals surface area (Å²) in [6.45, 7) is 2.10. The van der Waals surface area contributed by atoms with Crippen LogP contribution in [0.1, 0.15) is 59.7 Å². The molecule has 0 unspecified atom stereocenters. The van der Waals surface area contributed by atoms with Crippen LogP contribution in [-0.2, 0) is 9.59 Å². The van der Waals surface area contributed by atoms with Crippen LogP contribution in [-0.4, -0.2) is 63.2 Å². The van der Waals surface area contributed by atoms with E-state index < -0.39 is 41.2 Å². The summed E-state index contributed by atoms with van der Waals surface area (Å²) >= 11 is 1.46. The number of carbonyl (C=O) groups excluding carboxylic acids is 5. The van der Waals surface area contributed by atoms with Gasteiger partial charge in [-0.1, -0.05) is 19.1 Å². The quantitative estimate of drug-likeness (QED) is 0.497. The Kier molecular flexibility index (Phi) is 5.98. The Morgan fingerprint density at radius 3 is 2.31 bits per heavy atom. The van der Waals surface area contributed by atoms with Gasteiger partial charge in [0.2, 0.25) is 0 Å². The number of benzene rings is 1. The number of fused-ring (bicyclic) bond motifs is 1. The van der Waals surface area contributed by atoms with Gasteiger partial charge in [-0.25, -0.2) is 4.79 Å². The standard InChI is InChI=1S/C22H26N4O5S/c1-13-7-10-22(11-8-13)20(30)26(21(31)23-22)24-17(27)16(9-12-32-2)25-18(28)14-5-3-4-6-15(14)19(25)29/h3-6,13,16H,7-12H2,1-2H3,(H,23,31)(H,24,27)/t13?,16-,22?/m1/s1. The van der Waals surface area contributed by atoms with E-state index in [9.17, 15) is 24.0 Å². The van der Waals surface area contributed by atoms with E-state index >= 15 is 0 Å². The topological polar surface area (TPSA) is 116 Å². The Morgan fingerprint density at radius 2 is 1.75 bits per heavy atom. The van der Waals surface area contributed by atoms with Crippen LogP contribution in [0.2, 0.25) is 0 Å². The molecule has 0 bridgehead atoms. The highest BCUT2D eigenvalue weighted by Crippen LogP contribution is 2.36. The van der Waals surface area contributed by atoms with E-state index in [1.54, 1.807) is 24.3 Å². The number of hydrazine groups is 1. The van der Waals surface area contributed by atoms with E-state index in [4.69, 9.17) is 0 Å². The van der Waals surface area contributed by atoms with Gasteiger partial charge in [0.25, 0.3) is 23.6 Å². The number of imide groups is 2. The average Bonchev–Trinajstić information content (AvgIpc) is 3.17. The van der Waals surface area contributed by atoms with Crippen LogP contribution >= 0.6 is 11.8 Å². The summed E-state index contributed by atoms with van der Waals surface area (Å²) in [5, 5.41) is 3.46. The fraction of sp³-hybridized carbons (Fsp3) is 0.500. The van der Waals surface area contributed by atoms with E-state index in [1.807, 2.05) is 6.26 Å². The summed E-state index contributed by atoms with van der Waals surface area (Å²) in [5.41, 5.74) is 1.87. The molecule has 2 N–H and O–H groups in total. The molecule has 3 aliphatic rings. The second kappa shape index (κ2) is 8.57. The molecule has 1 saturated heterocycles. The zero-order chi connectivity index (χ0) is 23.0. The zero-order valence-corrected chi connectivity index (χ0v) is 18.9. The van der Waals surface area contributed by atoms with Gasteiger partial charge in [-0.05, 0) is 62.2 Å². The molecule has 1 saturated carbocycles. The predicted octanol–water partition coefficient (Wildman–Crippen LogP) is 1.94. The first kappa shape index (κ1) is 22.3. The van der Waals surface area contributed by atoms with Crippen LogP contribution in [0.4, 0.5) is 4.79 Å². The van der Waals surface area contributed by atoms with Crippen molar-refractivity contribution in [1.29, 1.82) is 0 Å². The van der Waals surface area contributed by atoms with Gasteiger partial charge in [0, 0.05) is 0 Å². The summed E-state index contributed by atoms with van der Waals surface area (Å²) in [7, 11) is 0. The smallest absolute Gasteiger partial charge is 0.322 e. The summed E-state index contributed by atoms with van der Waals surface area (Å²) in [5.74, 6) is -1.36. The molecule has 6 amide bonds. The molecule has 10 heteroatoms. The highest BCUT2D eigenvalue weighted by atomic mass is 32.2. The molecule has 2 fully saturated rings. The first-order valence-electron chi connectivity index (χ1n) is 10.7. The van der Waals surface area contributed by atoms with Crippen molar-refractivity contribution in [2.45, 2.75) is 50.6 Å². The van der Waals surface area contributed by atoms with Crippen LogP contribution in [0.3, 0.4) is 0 Å². The van der Waals surface area contributed by atoms with Crippen molar-refractivity contribution in [2.75, 3.05) is 12.0 Å². The van der Waals surface area contributed by atoms with Gasteiger partial charge >= 0.3 is 6.03 Å². The molecule has 4 rings (SSSR count). The maximum atomic E-state index is 13.2. The Labute approximate surface area is 190 Å². The highest BCUT2D eigenvalue weighted by Gasteiger charge is 2.53. The third kappa shape index (κ3) is 3.66. The lowest BCUT2D eigenvalue weighted by Crippen LogP contribution is -2.56. The summed E-state index contributed by atoms with van der Waals surface area (Å²) in [4.78, 5) is 65.6. The lowest BCUT2D eigenvalue weighted by Gasteiger charge is -2.33. The lowest BCUT2D eigenvalue weighted by atomic mass is 9.77. The van der Waals surface area contributed by atoms with E-state index in [-0.39, 0.29) is 17.5 Å². The van der Waals surface area contributed by atoms with E-state index in [0.717, 1.165) is 17.7 Å². The molecule has 9 nitrogen and oxygen atoms in total. The molecule has 1 spiro atoms. The molecule has 2 heterocycles. The minimum atomic E-state index is -1.14. The largest absolute Gasteiger partial charge is 0.344 e. The van der Waals surface area contributed by atoms with Crippen LogP contribution in [0.25, 0.3) is 0 Å². The maximum Gasteiger partial charge on any atom is 0.344 e. The number of thioether (sulfide) groups is 1. The van der Waals surface area contributed by atoms with Crippen LogP contribution in [0, 0.1) is 5.92 Å². The molecule has 1 atom stereocenters. The third-order valence-electron chi connectivity index (χ3n) is 6.55. The number of urea groups is 1. The summed E-state index contributed by atoms with van der Waals surface area (Å²) in [6.07, 6.45) is 4.69. The number of rotatable bonds is 6. The number of nitrogens with one attached hydrogen (secondary N) is 2. The molecule has 0 aromatic heterocycles. The zero-order valence-electron chi connectivity index (χ0n) is 18.1. The molecule has 32 heavy (non-hydrogen) atoms. The normalized spacial score (nSPS) is 25.9. The summed E-state index contributed by atoms with van der Waals surface area (Å²) < 4.78 is 0. The van der Waals surface area contributed by atoms with Crippen molar-refractivity contribution in [3.8, 4) is 0 Å². The minimum absolute atomic E-state index is 0.199. The number of hydrogen-bond donors (Lipinski definition) is 2. The molecule has 1 aromatic rings. The summed E-state index contributed by atoms with van der Waals surface area (Å²) in [6, 6.07) is 4.57. The van der Waals surface area contributed by atoms with Crippen LogP contribution in [0.15, 0.2) is 24.3 Å². The average molecular weight is 459 g/mol. The predicted molar refractivity (Wildman–Crippen MR) is 118 cm³/mol. The maximum absolute atomic E-state index is 13.2. The number of carbonyl (C=O) groups is 5. The first-order valence-corrected chi connectivity index (χ1v) is 12.1. The van der Waals surface area contributed by atoms with Crippen molar-refractivity contribution in [3.63, 3.8) is 0 Å². The number of amides is 6. The van der Waals surface area contributed by atoms with Crippen molar-refractivity contribution in [3.05, 3.63) is 35.4 Å². The van der Waals surface area contributed by atoms with E-state index in [2.05, 4.69) is 17.7 Å². The van der Waals surface area contributed by atoms with Gasteiger partial charge in [0.1, 0.15) is 11.6 Å². The van der Waals surface area contributed by atoms with Gasteiger partial charge in [-0.2, -0.15) is 16.8 Å². The lowest BCUT2D eigenvalue weighted by molar-refractivity contribution is -0.141. The van der Waals surface area contributed by atoms with Crippen LogP contribution in [0.5, 0.6) is 0 Å². The molecule has 2 aliphatic heterocycles. The Bertz CT molecular complexity index is 953. The SMILES string of the molecule is CSCC[C@H](C(=O)NN1C(=O)NC2(CCC(C)CC2)C1=O)N1C(=O)c2ccccc2C1=O. The molecule has 170 valence electrons. The first-order chi connectivity index (χ1) is 15.3. The molecule has 0 radical (unpaired) electrons. The van der Waals surface area contributed by atoms with Crippen LogP contribution < -0.4 is 10.7 Å². The molecular weight excluding hydrogens is 432 g/mol. The second-order valence-electron chi connectivity index (χ2n) is 8.63. The molecule has 1 aromatic carbocycles. The van der Waals surface area contributed by atoms with Gasteiger partial charge in [0.15, 0.2) is 0 Å². The van der Waals surface area contributed by atoms with E-state index in [0.29, 0.717) is 29.5 Å². The fourth-order valence-electron chi connectivity index (χ4n) is 4.60. The Morgan fingerprint density at radius 1 is 1.16 bits per heavy atom. The van der Waals surface area contributed by atoms with E-state index in [1.165, 1.54) is 11.8 Å². The molecule has 1 aliphatic carbocycles. The van der Waals surface area contributed by atoms with Crippen molar-refractivity contribution >= 4 is 41.4 Å². The Balaban J connectivity index is 1.55. The Hall–Kier alpha value is -2.88. The molecular formula is C22H26N4O5S. The monoisotopic (exact) mass is 458 g/mol. The van der Waals surface area contributed by atoms with Gasteiger partial charge < -0.3 is 5.32 Å². The minimum Gasteiger partial charge on any atom is -0.322 e. The number of nitrogens with zero attached hydrogens (tertiary/aromatic N) is 2. The van der Waals surface area contributed by atoms with Crippen molar-refractivity contribution in [1.82, 2.24) is 20.7 Å². The fourth-order valence-corrected chi connectivity index (χ4v) is 5.06. The third-order valence-corrected chi connectivity index (χ3v) is 7.19. The van der Waals surface area contributed by atoms with Crippen molar-refractivity contribution < 1.29 is 24.0 Å². The van der Waals surface area contributed by atoms with Crippen molar-refractivity contribution in [2.24, 2.45) is 5.92 Å². The number of hydrogen-bond acceptors (Lipinski definition) is 6.